The molecule has 0 spiro atoms. The highest BCUT2D eigenvalue weighted by Gasteiger charge is 2.37. The maximum Gasteiger partial charge on any atom is 0.118 e. The molecule has 124 valence electrons. The molecule has 0 saturated carbocycles. The molecule has 0 aliphatic carbocycles. The summed E-state index contributed by atoms with van der Waals surface area (Å²) in [5.41, 5.74) is 0.769. The Morgan fingerprint density at radius 2 is 1.50 bits per heavy atom. The molecule has 1 unspecified atom stereocenters. The van der Waals surface area contributed by atoms with E-state index in [9.17, 15) is 5.11 Å². The number of nitrogens with one attached hydrogen (secondary N) is 1. The van der Waals surface area contributed by atoms with Crippen molar-refractivity contribution < 1.29 is 9.52 Å². The number of hydrogen-bond donors (Lipinski definition) is 2. The standard InChI is InChI=1S/C21H23NO2/c1-17(15-22-16-20-13-8-14-24-20)21(23,18-9-4-2-5-10-18)19-11-6-3-7-12-19/h2-14,17,22-23H,15-16H2,1H3. The van der Waals surface area contributed by atoms with Gasteiger partial charge in [0.2, 0.25) is 0 Å². The van der Waals surface area contributed by atoms with E-state index in [-0.39, 0.29) is 5.92 Å². The Labute approximate surface area is 143 Å². The van der Waals surface area contributed by atoms with Crippen LogP contribution in [0.3, 0.4) is 0 Å². The van der Waals surface area contributed by atoms with Gasteiger partial charge in [0, 0.05) is 12.5 Å². The van der Waals surface area contributed by atoms with Crippen molar-refractivity contribution in [2.45, 2.75) is 19.1 Å². The highest BCUT2D eigenvalue weighted by atomic mass is 16.3. The van der Waals surface area contributed by atoms with E-state index < -0.39 is 5.60 Å². The number of benzene rings is 2. The van der Waals surface area contributed by atoms with Crippen molar-refractivity contribution in [1.29, 1.82) is 0 Å². The van der Waals surface area contributed by atoms with E-state index in [0.717, 1.165) is 16.9 Å². The molecule has 3 heteroatoms. The van der Waals surface area contributed by atoms with Crippen LogP contribution in [0.1, 0.15) is 23.8 Å². The molecule has 0 aliphatic rings. The van der Waals surface area contributed by atoms with Gasteiger partial charge in [-0.05, 0) is 23.3 Å². The second-order valence-corrected chi connectivity index (χ2v) is 6.11. The van der Waals surface area contributed by atoms with E-state index in [0.29, 0.717) is 13.1 Å². The van der Waals surface area contributed by atoms with E-state index in [1.54, 1.807) is 6.26 Å². The zero-order valence-electron chi connectivity index (χ0n) is 13.9. The minimum absolute atomic E-state index is 0.0164. The Morgan fingerprint density at radius 1 is 0.917 bits per heavy atom. The molecule has 24 heavy (non-hydrogen) atoms. The summed E-state index contributed by atoms with van der Waals surface area (Å²) in [7, 11) is 0. The highest BCUT2D eigenvalue weighted by molar-refractivity contribution is 5.36. The van der Waals surface area contributed by atoms with Crippen LogP contribution < -0.4 is 5.32 Å². The number of rotatable bonds is 7. The second kappa shape index (κ2) is 7.47. The van der Waals surface area contributed by atoms with E-state index in [2.05, 4.69) is 12.2 Å². The molecule has 1 heterocycles. The monoisotopic (exact) mass is 321 g/mol. The molecule has 1 aromatic heterocycles. The highest BCUT2D eigenvalue weighted by Crippen LogP contribution is 2.36. The minimum Gasteiger partial charge on any atom is -0.468 e. The fourth-order valence-corrected chi connectivity index (χ4v) is 3.09. The van der Waals surface area contributed by atoms with Crippen molar-refractivity contribution in [3.05, 3.63) is 95.9 Å². The van der Waals surface area contributed by atoms with Gasteiger partial charge in [-0.3, -0.25) is 0 Å². The smallest absolute Gasteiger partial charge is 0.118 e. The van der Waals surface area contributed by atoms with Crippen LogP contribution in [0, 0.1) is 5.92 Å². The molecule has 3 nitrogen and oxygen atoms in total. The molecule has 3 rings (SSSR count). The lowest BCUT2D eigenvalue weighted by atomic mass is 9.77. The van der Waals surface area contributed by atoms with Crippen LogP contribution in [0.25, 0.3) is 0 Å². The SMILES string of the molecule is CC(CNCc1ccco1)C(O)(c1ccccc1)c1ccccc1. The zero-order chi connectivity index (χ0) is 16.8. The molecule has 0 radical (unpaired) electrons. The molecule has 0 amide bonds. The average molecular weight is 321 g/mol. The van der Waals surface area contributed by atoms with Gasteiger partial charge >= 0.3 is 0 Å². The molecule has 0 aliphatic heterocycles. The summed E-state index contributed by atoms with van der Waals surface area (Å²) in [6, 6.07) is 23.5. The summed E-state index contributed by atoms with van der Waals surface area (Å²) in [5.74, 6) is 0.877. The van der Waals surface area contributed by atoms with Gasteiger partial charge in [-0.25, -0.2) is 0 Å². The Balaban J connectivity index is 1.82. The zero-order valence-corrected chi connectivity index (χ0v) is 13.9. The van der Waals surface area contributed by atoms with Crippen LogP contribution >= 0.6 is 0 Å². The number of furan rings is 1. The van der Waals surface area contributed by atoms with E-state index in [1.165, 1.54) is 0 Å². The van der Waals surface area contributed by atoms with Crippen LogP contribution in [0.15, 0.2) is 83.5 Å². The van der Waals surface area contributed by atoms with Gasteiger partial charge in [0.05, 0.1) is 12.8 Å². The van der Waals surface area contributed by atoms with Crippen molar-refractivity contribution in [3.8, 4) is 0 Å². The number of hydrogen-bond acceptors (Lipinski definition) is 3. The quantitative estimate of drug-likeness (QED) is 0.693. The second-order valence-electron chi connectivity index (χ2n) is 6.11. The Morgan fingerprint density at radius 3 is 2.00 bits per heavy atom. The fourth-order valence-electron chi connectivity index (χ4n) is 3.09. The van der Waals surface area contributed by atoms with Gasteiger partial charge in [-0.15, -0.1) is 0 Å². The summed E-state index contributed by atoms with van der Waals surface area (Å²) in [5, 5.41) is 15.0. The summed E-state index contributed by atoms with van der Waals surface area (Å²) < 4.78 is 5.35. The summed E-state index contributed by atoms with van der Waals surface area (Å²) in [6.45, 7) is 3.38. The topological polar surface area (TPSA) is 45.4 Å². The number of aliphatic hydroxyl groups is 1. The van der Waals surface area contributed by atoms with E-state index in [1.807, 2.05) is 72.8 Å². The summed E-state index contributed by atoms with van der Waals surface area (Å²) in [6.07, 6.45) is 1.67. The van der Waals surface area contributed by atoms with Gasteiger partial charge in [0.15, 0.2) is 0 Å². The molecular weight excluding hydrogens is 298 g/mol. The first-order valence-electron chi connectivity index (χ1n) is 8.28. The summed E-state index contributed by atoms with van der Waals surface area (Å²) in [4.78, 5) is 0. The Kier molecular flexibility index (Phi) is 5.14. The normalized spacial score (nSPS) is 12.9. The summed E-state index contributed by atoms with van der Waals surface area (Å²) >= 11 is 0. The van der Waals surface area contributed by atoms with Gasteiger partial charge in [-0.1, -0.05) is 67.6 Å². The first kappa shape index (κ1) is 16.5. The maximum absolute atomic E-state index is 11.6. The van der Waals surface area contributed by atoms with E-state index in [4.69, 9.17) is 4.42 Å². The lowest BCUT2D eigenvalue weighted by molar-refractivity contribution is 0.0238. The predicted molar refractivity (Wildman–Crippen MR) is 95.5 cm³/mol. The Hall–Kier alpha value is -2.36. The molecule has 3 aromatic rings. The molecule has 2 aromatic carbocycles. The lowest BCUT2D eigenvalue weighted by Gasteiger charge is -2.35. The van der Waals surface area contributed by atoms with Crippen molar-refractivity contribution in [2.24, 2.45) is 5.92 Å². The first-order chi connectivity index (χ1) is 11.7. The third kappa shape index (κ3) is 3.42. The van der Waals surface area contributed by atoms with Crippen molar-refractivity contribution in [3.63, 3.8) is 0 Å². The van der Waals surface area contributed by atoms with Crippen molar-refractivity contribution in [1.82, 2.24) is 5.32 Å². The maximum atomic E-state index is 11.6. The lowest BCUT2D eigenvalue weighted by Crippen LogP contribution is -2.40. The van der Waals surface area contributed by atoms with Crippen LogP contribution in [0.2, 0.25) is 0 Å². The largest absolute Gasteiger partial charge is 0.468 e. The van der Waals surface area contributed by atoms with Crippen LogP contribution in [0.5, 0.6) is 0 Å². The average Bonchev–Trinajstić information content (AvgIpc) is 3.16. The third-order valence-corrected chi connectivity index (χ3v) is 4.47. The van der Waals surface area contributed by atoms with Crippen LogP contribution in [-0.4, -0.2) is 11.7 Å². The van der Waals surface area contributed by atoms with E-state index >= 15 is 0 Å². The van der Waals surface area contributed by atoms with Gasteiger partial charge in [0.1, 0.15) is 11.4 Å². The van der Waals surface area contributed by atoms with Crippen molar-refractivity contribution >= 4 is 0 Å². The molecule has 1 atom stereocenters. The van der Waals surface area contributed by atoms with Crippen LogP contribution in [-0.2, 0) is 12.1 Å². The minimum atomic E-state index is -1.04. The fraction of sp³-hybridized carbons (Fsp3) is 0.238. The van der Waals surface area contributed by atoms with Gasteiger partial charge in [0.25, 0.3) is 0 Å². The van der Waals surface area contributed by atoms with Crippen molar-refractivity contribution in [2.75, 3.05) is 6.54 Å². The van der Waals surface area contributed by atoms with Gasteiger partial charge < -0.3 is 14.8 Å². The Bertz CT molecular complexity index is 684. The third-order valence-electron chi connectivity index (χ3n) is 4.47. The molecular formula is C21H23NO2. The molecule has 2 N–H and O–H groups in total. The predicted octanol–water partition coefficient (Wildman–Crippen LogP) is 3.94. The first-order valence-corrected chi connectivity index (χ1v) is 8.28. The van der Waals surface area contributed by atoms with Gasteiger partial charge in [-0.2, -0.15) is 0 Å². The molecule has 0 fully saturated rings. The molecule has 0 bridgehead atoms. The molecule has 0 saturated heterocycles. The van der Waals surface area contributed by atoms with Crippen LogP contribution in [0.4, 0.5) is 0 Å².